The number of ether oxygens (including phenoxy) is 1. The van der Waals surface area contributed by atoms with Crippen LogP contribution < -0.4 is 0 Å². The van der Waals surface area contributed by atoms with Crippen molar-refractivity contribution in [2.24, 2.45) is 0 Å². The molecule has 0 aromatic heterocycles. The average Bonchev–Trinajstić information content (AvgIpc) is 2.16. The summed E-state index contributed by atoms with van der Waals surface area (Å²) in [6.45, 7) is 6.67. The smallest absolute Gasteiger partial charge is 0.303 e. The van der Waals surface area contributed by atoms with Crippen molar-refractivity contribution >= 4 is 11.8 Å². The highest BCUT2D eigenvalue weighted by Crippen LogP contribution is 2.34. The maximum absolute atomic E-state index is 11.1. The van der Waals surface area contributed by atoms with E-state index in [0.29, 0.717) is 18.4 Å². The minimum Gasteiger partial charge on any atom is -0.455 e. The number of hydrogen-bond acceptors (Lipinski definition) is 3. The van der Waals surface area contributed by atoms with Crippen LogP contribution in [-0.4, -0.2) is 17.4 Å². The van der Waals surface area contributed by atoms with Gasteiger partial charge in [-0.2, -0.15) is 0 Å². The Bertz CT molecular complexity index is 254. The summed E-state index contributed by atoms with van der Waals surface area (Å²) in [5, 5.41) is 0. The highest BCUT2D eigenvalue weighted by Gasteiger charge is 2.40. The third-order valence-corrected chi connectivity index (χ3v) is 2.17. The van der Waals surface area contributed by atoms with Crippen LogP contribution in [0, 0.1) is 0 Å². The summed E-state index contributed by atoms with van der Waals surface area (Å²) in [6.07, 6.45) is 0.993. The molecule has 0 saturated heterocycles. The van der Waals surface area contributed by atoms with Gasteiger partial charge in [0.05, 0.1) is 0 Å². The zero-order valence-electron chi connectivity index (χ0n) is 7.35. The number of rotatable bonds is 1. The van der Waals surface area contributed by atoms with Crippen molar-refractivity contribution in [3.05, 3.63) is 12.2 Å². The molecular weight excluding hydrogens is 156 g/mol. The molecule has 1 aliphatic rings. The molecule has 1 rings (SSSR count). The van der Waals surface area contributed by atoms with Gasteiger partial charge in [0.2, 0.25) is 0 Å². The molecule has 1 saturated carbocycles. The fraction of sp³-hybridized carbons (Fsp3) is 0.556. The molecule has 0 spiro atoms. The van der Waals surface area contributed by atoms with Crippen LogP contribution in [0.25, 0.3) is 0 Å². The van der Waals surface area contributed by atoms with E-state index in [1.54, 1.807) is 6.92 Å². The van der Waals surface area contributed by atoms with Crippen LogP contribution in [0.1, 0.15) is 26.7 Å². The fourth-order valence-electron chi connectivity index (χ4n) is 1.38. The van der Waals surface area contributed by atoms with Gasteiger partial charge < -0.3 is 4.74 Å². The van der Waals surface area contributed by atoms with Crippen LogP contribution in [-0.2, 0) is 14.3 Å². The van der Waals surface area contributed by atoms with Gasteiger partial charge in [0.1, 0.15) is 5.60 Å². The molecule has 0 N–H and O–H groups in total. The van der Waals surface area contributed by atoms with Crippen LogP contribution in [0.4, 0.5) is 0 Å². The molecule has 0 aliphatic heterocycles. The zero-order valence-corrected chi connectivity index (χ0v) is 7.35. The second-order valence-electron chi connectivity index (χ2n) is 3.23. The van der Waals surface area contributed by atoms with Crippen LogP contribution >= 0.6 is 0 Å². The van der Waals surface area contributed by atoms with Gasteiger partial charge in [0.25, 0.3) is 0 Å². The molecule has 0 heterocycles. The molecule has 66 valence electrons. The number of carbonyl (C=O) groups is 2. The van der Waals surface area contributed by atoms with Crippen molar-refractivity contribution < 1.29 is 14.3 Å². The van der Waals surface area contributed by atoms with Crippen LogP contribution in [0.3, 0.4) is 0 Å². The minimum atomic E-state index is -0.747. The molecule has 1 unspecified atom stereocenters. The monoisotopic (exact) mass is 168 g/mol. The first kappa shape index (κ1) is 8.97. The van der Waals surface area contributed by atoms with Crippen molar-refractivity contribution in [3.63, 3.8) is 0 Å². The van der Waals surface area contributed by atoms with Gasteiger partial charge in [-0.25, -0.2) is 0 Å². The van der Waals surface area contributed by atoms with Crippen molar-refractivity contribution in [3.8, 4) is 0 Å². The predicted octanol–water partition coefficient (Wildman–Crippen LogP) is 1.23. The molecule has 1 aliphatic carbocycles. The second-order valence-corrected chi connectivity index (χ2v) is 3.23. The van der Waals surface area contributed by atoms with E-state index in [4.69, 9.17) is 4.74 Å². The largest absolute Gasteiger partial charge is 0.455 e. The topological polar surface area (TPSA) is 43.4 Å². The van der Waals surface area contributed by atoms with E-state index in [2.05, 4.69) is 6.58 Å². The van der Waals surface area contributed by atoms with Gasteiger partial charge in [-0.15, -0.1) is 0 Å². The molecule has 12 heavy (non-hydrogen) atoms. The normalized spacial score (nSPS) is 29.2. The van der Waals surface area contributed by atoms with Crippen LogP contribution in [0.5, 0.6) is 0 Å². The maximum Gasteiger partial charge on any atom is 0.303 e. The van der Waals surface area contributed by atoms with Gasteiger partial charge in [0.15, 0.2) is 5.78 Å². The van der Waals surface area contributed by atoms with E-state index in [0.717, 1.165) is 0 Å². The summed E-state index contributed by atoms with van der Waals surface area (Å²) in [5.74, 6) is -0.368. The Morgan fingerprint density at radius 2 is 2.25 bits per heavy atom. The molecule has 3 nitrogen and oxygen atoms in total. The molecule has 0 amide bonds. The molecule has 1 atom stereocenters. The molecule has 3 heteroatoms. The quantitative estimate of drug-likeness (QED) is 0.437. The summed E-state index contributed by atoms with van der Waals surface area (Å²) in [5.41, 5.74) is -0.333. The van der Waals surface area contributed by atoms with E-state index in [1.807, 2.05) is 0 Å². The molecule has 0 radical (unpaired) electrons. The maximum atomic E-state index is 11.1. The molecule has 1 fully saturated rings. The van der Waals surface area contributed by atoms with Crippen LogP contribution in [0.2, 0.25) is 0 Å². The molecule has 0 bridgehead atoms. The summed E-state index contributed by atoms with van der Waals surface area (Å²) in [6, 6.07) is 0. The first-order chi connectivity index (χ1) is 5.46. The summed E-state index contributed by atoms with van der Waals surface area (Å²) >= 11 is 0. The minimum absolute atomic E-state index is 0.00116. The Balaban J connectivity index is 2.79. The fourth-order valence-corrected chi connectivity index (χ4v) is 1.38. The first-order valence-corrected chi connectivity index (χ1v) is 3.88. The number of ketones is 1. The average molecular weight is 168 g/mol. The van der Waals surface area contributed by atoms with Gasteiger partial charge in [-0.05, 0) is 13.3 Å². The van der Waals surface area contributed by atoms with Crippen molar-refractivity contribution in [1.29, 1.82) is 0 Å². The standard InChI is InChI=1S/C9H12O3/c1-6-8(11)4-5-9(6,3)12-7(2)10/h1,4-5H2,2-3H3. The molecular formula is C9H12O3. The highest BCUT2D eigenvalue weighted by molar-refractivity contribution is 5.99. The lowest BCUT2D eigenvalue weighted by Gasteiger charge is -2.23. The lowest BCUT2D eigenvalue weighted by atomic mass is 10.0. The summed E-state index contributed by atoms with van der Waals surface area (Å²) in [4.78, 5) is 21.8. The summed E-state index contributed by atoms with van der Waals surface area (Å²) in [7, 11) is 0. The number of esters is 1. The highest BCUT2D eigenvalue weighted by atomic mass is 16.6. The van der Waals surface area contributed by atoms with Crippen molar-refractivity contribution in [2.45, 2.75) is 32.3 Å². The lowest BCUT2D eigenvalue weighted by Crippen LogP contribution is -2.29. The Labute approximate surface area is 71.4 Å². The number of hydrogen-bond donors (Lipinski definition) is 0. The van der Waals surface area contributed by atoms with Crippen LogP contribution in [0.15, 0.2) is 12.2 Å². The Morgan fingerprint density at radius 3 is 2.58 bits per heavy atom. The van der Waals surface area contributed by atoms with Gasteiger partial charge in [-0.3, -0.25) is 9.59 Å². The summed E-state index contributed by atoms with van der Waals surface area (Å²) < 4.78 is 5.02. The van der Waals surface area contributed by atoms with E-state index < -0.39 is 5.60 Å². The molecule has 0 aromatic rings. The van der Waals surface area contributed by atoms with E-state index in [1.165, 1.54) is 6.92 Å². The van der Waals surface area contributed by atoms with E-state index in [-0.39, 0.29) is 11.8 Å². The zero-order chi connectivity index (χ0) is 9.35. The predicted molar refractivity (Wildman–Crippen MR) is 43.6 cm³/mol. The third kappa shape index (κ3) is 1.40. The SMILES string of the molecule is C=C1C(=O)CCC1(C)OC(C)=O. The van der Waals surface area contributed by atoms with Gasteiger partial charge >= 0.3 is 5.97 Å². The third-order valence-electron chi connectivity index (χ3n) is 2.17. The lowest BCUT2D eigenvalue weighted by molar-refractivity contribution is -0.151. The van der Waals surface area contributed by atoms with E-state index in [9.17, 15) is 9.59 Å². The first-order valence-electron chi connectivity index (χ1n) is 3.88. The van der Waals surface area contributed by atoms with E-state index >= 15 is 0 Å². The van der Waals surface area contributed by atoms with Crippen molar-refractivity contribution in [1.82, 2.24) is 0 Å². The van der Waals surface area contributed by atoms with Gasteiger partial charge in [-0.1, -0.05) is 6.58 Å². The number of Topliss-reactive ketones (excluding diaryl/α,β-unsaturated/α-hetero) is 1. The van der Waals surface area contributed by atoms with Crippen molar-refractivity contribution in [2.75, 3.05) is 0 Å². The van der Waals surface area contributed by atoms with Gasteiger partial charge in [0, 0.05) is 18.9 Å². The molecule has 0 aromatic carbocycles. The Kier molecular flexibility index (Phi) is 2.04. The Hall–Kier alpha value is -1.12. The number of carbonyl (C=O) groups excluding carboxylic acids is 2. The second kappa shape index (κ2) is 2.73. The Morgan fingerprint density at radius 1 is 1.67 bits per heavy atom.